The Morgan fingerprint density at radius 2 is 1.84 bits per heavy atom. The molecule has 1 saturated heterocycles. The van der Waals surface area contributed by atoms with Crippen LogP contribution in [0.2, 0.25) is 0 Å². The number of nitrogens with one attached hydrogen (secondary N) is 1. The molecule has 0 bridgehead atoms. The zero-order valence-corrected chi connectivity index (χ0v) is 19.5. The minimum atomic E-state index is -3.76. The maximum Gasteiger partial charge on any atom is 0.243 e. The summed E-state index contributed by atoms with van der Waals surface area (Å²) < 4.78 is 58.6. The van der Waals surface area contributed by atoms with Crippen LogP contribution in [-0.2, 0) is 14.8 Å². The zero-order chi connectivity index (χ0) is 23.0. The molecule has 4 atom stereocenters. The van der Waals surface area contributed by atoms with Crippen LogP contribution in [0.15, 0.2) is 41.3 Å². The molecule has 2 fully saturated rings. The Balaban J connectivity index is 1.50. The zero-order valence-electron chi connectivity index (χ0n) is 18.7. The third-order valence-electron chi connectivity index (χ3n) is 6.63. The summed E-state index contributed by atoms with van der Waals surface area (Å²) in [5, 5.41) is 3.11. The van der Waals surface area contributed by atoms with E-state index in [1.54, 1.807) is 27.4 Å². The summed E-state index contributed by atoms with van der Waals surface area (Å²) in [4.78, 5) is -0.0270. The van der Waals surface area contributed by atoms with E-state index in [-0.39, 0.29) is 34.7 Å². The highest BCUT2D eigenvalue weighted by atomic mass is 32.2. The van der Waals surface area contributed by atoms with E-state index in [1.807, 2.05) is 19.1 Å². The van der Waals surface area contributed by atoms with Crippen molar-refractivity contribution in [2.24, 2.45) is 5.92 Å². The van der Waals surface area contributed by atoms with Crippen molar-refractivity contribution >= 4 is 15.7 Å². The highest BCUT2D eigenvalue weighted by molar-refractivity contribution is 7.89. The van der Waals surface area contributed by atoms with Crippen LogP contribution in [0.3, 0.4) is 0 Å². The van der Waals surface area contributed by atoms with E-state index < -0.39 is 15.8 Å². The molecule has 1 aliphatic carbocycles. The lowest BCUT2D eigenvalue weighted by Gasteiger charge is -2.42. The summed E-state index contributed by atoms with van der Waals surface area (Å²) in [5.74, 6) is 0.799. The fourth-order valence-corrected chi connectivity index (χ4v) is 6.42. The van der Waals surface area contributed by atoms with Gasteiger partial charge in [0.25, 0.3) is 0 Å². The van der Waals surface area contributed by atoms with Crippen LogP contribution in [0.1, 0.15) is 31.4 Å². The van der Waals surface area contributed by atoms with Crippen molar-refractivity contribution in [2.45, 2.75) is 42.8 Å². The SMILES string of the molecule is COc1ccc([C@@H](C)Nc2ccc(S(=O)(=O)N3CC[C@@H]4[C@H]3C[C@H]4OC)cc2F)cc1OC. The standard InChI is InChI=1S/C23H29FN2O5S/c1-14(15-5-8-21(29-2)23(11-15)31-4)25-19-7-6-16(12-18(19)24)32(27,28)26-10-9-17-20(26)13-22(17)30-3/h5-8,11-12,14,17,20,22,25H,9-10,13H2,1-4H3/t14-,17-,20-,22-/m1/s1. The van der Waals surface area contributed by atoms with Gasteiger partial charge in [0.15, 0.2) is 11.5 Å². The topological polar surface area (TPSA) is 77.1 Å². The molecule has 9 heteroatoms. The van der Waals surface area contributed by atoms with Crippen molar-refractivity contribution in [3.63, 3.8) is 0 Å². The first kappa shape index (κ1) is 22.8. The van der Waals surface area contributed by atoms with Crippen LogP contribution in [0.5, 0.6) is 11.5 Å². The molecule has 2 aromatic carbocycles. The molecule has 2 aliphatic rings. The number of nitrogens with zero attached hydrogens (tertiary/aromatic N) is 1. The molecule has 1 aliphatic heterocycles. The Bertz CT molecular complexity index is 1090. The van der Waals surface area contributed by atoms with E-state index in [0.717, 1.165) is 18.1 Å². The second kappa shape index (κ2) is 8.88. The lowest BCUT2D eigenvalue weighted by Crippen LogP contribution is -2.51. The molecule has 1 N–H and O–H groups in total. The van der Waals surface area contributed by atoms with Crippen LogP contribution in [0.4, 0.5) is 10.1 Å². The van der Waals surface area contributed by atoms with Gasteiger partial charge < -0.3 is 19.5 Å². The highest BCUT2D eigenvalue weighted by Gasteiger charge is 2.52. The molecule has 1 heterocycles. The van der Waals surface area contributed by atoms with Crippen LogP contribution in [-0.4, -0.2) is 52.7 Å². The van der Waals surface area contributed by atoms with Crippen molar-refractivity contribution in [2.75, 3.05) is 33.2 Å². The number of sulfonamides is 1. The molecule has 32 heavy (non-hydrogen) atoms. The van der Waals surface area contributed by atoms with Gasteiger partial charge in [-0.3, -0.25) is 0 Å². The molecule has 4 rings (SSSR count). The predicted octanol–water partition coefficient (Wildman–Crippen LogP) is 3.81. The predicted molar refractivity (Wildman–Crippen MR) is 119 cm³/mol. The molecule has 0 spiro atoms. The van der Waals surface area contributed by atoms with Crippen LogP contribution >= 0.6 is 0 Å². The first-order valence-electron chi connectivity index (χ1n) is 10.6. The molecule has 2 aromatic rings. The third kappa shape index (κ3) is 3.93. The Morgan fingerprint density at radius 1 is 1.09 bits per heavy atom. The van der Waals surface area contributed by atoms with Crippen molar-refractivity contribution < 1.29 is 27.0 Å². The van der Waals surface area contributed by atoms with E-state index in [0.29, 0.717) is 24.5 Å². The Kier molecular flexibility index (Phi) is 6.33. The maximum atomic E-state index is 14.9. The van der Waals surface area contributed by atoms with Gasteiger partial charge in [-0.05, 0) is 55.7 Å². The van der Waals surface area contributed by atoms with Gasteiger partial charge in [0.2, 0.25) is 10.0 Å². The number of methoxy groups -OCH3 is 3. The average Bonchev–Trinajstić information content (AvgIpc) is 3.11. The summed E-state index contributed by atoms with van der Waals surface area (Å²) >= 11 is 0. The fourth-order valence-electron chi connectivity index (χ4n) is 4.71. The average molecular weight is 465 g/mol. The fraction of sp³-hybridized carbons (Fsp3) is 0.478. The van der Waals surface area contributed by atoms with E-state index in [4.69, 9.17) is 14.2 Å². The van der Waals surface area contributed by atoms with E-state index in [9.17, 15) is 12.8 Å². The minimum Gasteiger partial charge on any atom is -0.493 e. The molecule has 1 saturated carbocycles. The van der Waals surface area contributed by atoms with Gasteiger partial charge in [0.1, 0.15) is 5.82 Å². The van der Waals surface area contributed by atoms with Gasteiger partial charge in [0, 0.05) is 31.7 Å². The van der Waals surface area contributed by atoms with Crippen molar-refractivity contribution in [1.29, 1.82) is 0 Å². The summed E-state index contributed by atoms with van der Waals surface area (Å²) in [6.45, 7) is 2.33. The maximum absolute atomic E-state index is 14.9. The quantitative estimate of drug-likeness (QED) is 0.640. The lowest BCUT2D eigenvalue weighted by molar-refractivity contribution is -0.0374. The van der Waals surface area contributed by atoms with Crippen molar-refractivity contribution in [1.82, 2.24) is 4.31 Å². The van der Waals surface area contributed by atoms with Crippen LogP contribution in [0, 0.1) is 11.7 Å². The monoisotopic (exact) mass is 464 g/mol. The second-order valence-electron chi connectivity index (χ2n) is 8.27. The number of rotatable bonds is 8. The summed E-state index contributed by atoms with van der Waals surface area (Å²) in [7, 11) is 1.02. The van der Waals surface area contributed by atoms with Gasteiger partial charge in [-0.15, -0.1) is 0 Å². The van der Waals surface area contributed by atoms with Gasteiger partial charge in [0.05, 0.1) is 30.9 Å². The summed E-state index contributed by atoms with van der Waals surface area (Å²) in [6.07, 6.45) is 1.57. The van der Waals surface area contributed by atoms with Crippen LogP contribution < -0.4 is 14.8 Å². The molecular formula is C23H29FN2O5S. The number of halogens is 1. The van der Waals surface area contributed by atoms with E-state index >= 15 is 0 Å². The highest BCUT2D eigenvalue weighted by Crippen LogP contribution is 2.44. The number of ether oxygens (including phenoxy) is 3. The number of anilines is 1. The van der Waals surface area contributed by atoms with Gasteiger partial charge in [-0.2, -0.15) is 4.31 Å². The van der Waals surface area contributed by atoms with Crippen molar-refractivity contribution in [3.8, 4) is 11.5 Å². The van der Waals surface area contributed by atoms with Gasteiger partial charge >= 0.3 is 0 Å². The Hall–Kier alpha value is -2.36. The van der Waals surface area contributed by atoms with Gasteiger partial charge in [-0.1, -0.05) is 6.07 Å². The largest absolute Gasteiger partial charge is 0.493 e. The molecular weight excluding hydrogens is 435 g/mol. The Labute approximate surface area is 188 Å². The van der Waals surface area contributed by atoms with E-state index in [2.05, 4.69) is 5.32 Å². The molecule has 174 valence electrons. The number of benzene rings is 2. The normalized spacial score (nSPS) is 23.8. The molecule has 0 unspecified atom stereocenters. The molecule has 0 aromatic heterocycles. The summed E-state index contributed by atoms with van der Waals surface area (Å²) in [6, 6.07) is 9.21. The van der Waals surface area contributed by atoms with Gasteiger partial charge in [-0.25, -0.2) is 12.8 Å². The smallest absolute Gasteiger partial charge is 0.243 e. The first-order chi connectivity index (χ1) is 15.3. The van der Waals surface area contributed by atoms with Crippen LogP contribution in [0.25, 0.3) is 0 Å². The summed E-state index contributed by atoms with van der Waals surface area (Å²) in [5.41, 5.74) is 1.10. The number of hydrogen-bond acceptors (Lipinski definition) is 6. The molecule has 7 nitrogen and oxygen atoms in total. The minimum absolute atomic E-state index is 0.0270. The lowest BCUT2D eigenvalue weighted by atomic mass is 9.77. The molecule has 0 amide bonds. The number of fused-ring (bicyclic) bond motifs is 1. The number of hydrogen-bond donors (Lipinski definition) is 1. The third-order valence-corrected chi connectivity index (χ3v) is 8.55. The van der Waals surface area contributed by atoms with E-state index in [1.165, 1.54) is 16.4 Å². The first-order valence-corrected chi connectivity index (χ1v) is 12.1. The second-order valence-corrected chi connectivity index (χ2v) is 10.2. The molecule has 0 radical (unpaired) electrons. The van der Waals surface area contributed by atoms with Crippen molar-refractivity contribution in [3.05, 3.63) is 47.8 Å². The Morgan fingerprint density at radius 3 is 2.50 bits per heavy atom.